The topological polar surface area (TPSA) is 21.1 Å². The van der Waals surface area contributed by atoms with Crippen molar-refractivity contribution in [1.29, 1.82) is 0 Å². The zero-order valence-electron chi connectivity index (χ0n) is 12.6. The quantitative estimate of drug-likeness (QED) is 0.848. The van der Waals surface area contributed by atoms with Gasteiger partial charge in [0.2, 0.25) is 0 Å². The van der Waals surface area contributed by atoms with E-state index in [0.717, 1.165) is 5.69 Å². The molecule has 106 valence electrons. The van der Waals surface area contributed by atoms with Gasteiger partial charge < -0.3 is 4.90 Å². The first-order valence-electron chi connectivity index (χ1n) is 7.58. The Morgan fingerprint density at radius 2 is 2.15 bits per heavy atom. The van der Waals surface area contributed by atoms with Gasteiger partial charge in [-0.3, -0.25) is 4.68 Å². The molecule has 1 unspecified atom stereocenters. The molecular formula is C17H23N3. The van der Waals surface area contributed by atoms with Crippen molar-refractivity contribution in [3.8, 4) is 11.3 Å². The highest BCUT2D eigenvalue weighted by molar-refractivity contribution is 5.67. The number of anilines is 1. The third kappa shape index (κ3) is 2.33. The molecule has 0 saturated carbocycles. The van der Waals surface area contributed by atoms with Crippen LogP contribution in [0.3, 0.4) is 0 Å². The summed E-state index contributed by atoms with van der Waals surface area (Å²) < 4.78 is 1.86. The molecule has 0 saturated heterocycles. The van der Waals surface area contributed by atoms with Crippen LogP contribution in [0.2, 0.25) is 0 Å². The van der Waals surface area contributed by atoms with Gasteiger partial charge >= 0.3 is 0 Å². The number of aromatic nitrogens is 2. The molecule has 0 bridgehead atoms. The first-order chi connectivity index (χ1) is 9.69. The smallest absolute Gasteiger partial charge is 0.0923 e. The molecule has 0 N–H and O–H groups in total. The van der Waals surface area contributed by atoms with Crippen molar-refractivity contribution >= 4 is 5.69 Å². The fourth-order valence-electron chi connectivity index (χ4n) is 3.03. The predicted molar refractivity (Wildman–Crippen MR) is 84.1 cm³/mol. The van der Waals surface area contributed by atoms with E-state index in [1.165, 1.54) is 42.6 Å². The molecule has 1 atom stereocenters. The third-order valence-corrected chi connectivity index (χ3v) is 4.37. The van der Waals surface area contributed by atoms with Crippen LogP contribution >= 0.6 is 0 Å². The van der Waals surface area contributed by atoms with Crippen molar-refractivity contribution in [3.05, 3.63) is 36.0 Å². The van der Waals surface area contributed by atoms with Crippen LogP contribution < -0.4 is 4.90 Å². The summed E-state index contributed by atoms with van der Waals surface area (Å²) in [5.41, 5.74) is 5.19. The van der Waals surface area contributed by atoms with E-state index < -0.39 is 0 Å². The zero-order chi connectivity index (χ0) is 14.1. The standard InChI is InChI=1S/C17H23N3/c1-4-13(2)20-10-5-6-15-12-14(7-8-17(15)20)16-9-11-19(3)18-16/h7-9,11-13H,4-6,10H2,1-3H3. The van der Waals surface area contributed by atoms with Crippen molar-refractivity contribution in [2.45, 2.75) is 39.2 Å². The van der Waals surface area contributed by atoms with Gasteiger partial charge in [0.25, 0.3) is 0 Å². The average Bonchev–Trinajstić information content (AvgIpc) is 2.92. The molecule has 20 heavy (non-hydrogen) atoms. The van der Waals surface area contributed by atoms with Gasteiger partial charge in [0.1, 0.15) is 0 Å². The predicted octanol–water partition coefficient (Wildman–Crippen LogP) is 3.64. The second kappa shape index (κ2) is 5.31. The Bertz CT molecular complexity index is 600. The van der Waals surface area contributed by atoms with Gasteiger partial charge in [0, 0.05) is 37.1 Å². The molecule has 1 aromatic carbocycles. The van der Waals surface area contributed by atoms with Gasteiger partial charge in [0.05, 0.1) is 5.69 Å². The summed E-state index contributed by atoms with van der Waals surface area (Å²) in [4.78, 5) is 2.56. The van der Waals surface area contributed by atoms with Crippen molar-refractivity contribution < 1.29 is 0 Å². The van der Waals surface area contributed by atoms with E-state index in [-0.39, 0.29) is 0 Å². The first-order valence-corrected chi connectivity index (χ1v) is 7.58. The Kier molecular flexibility index (Phi) is 3.51. The van der Waals surface area contributed by atoms with E-state index in [9.17, 15) is 0 Å². The Morgan fingerprint density at radius 3 is 2.85 bits per heavy atom. The van der Waals surface area contributed by atoms with E-state index >= 15 is 0 Å². The van der Waals surface area contributed by atoms with Gasteiger partial charge in [-0.2, -0.15) is 5.10 Å². The van der Waals surface area contributed by atoms with Crippen molar-refractivity contribution in [3.63, 3.8) is 0 Å². The number of hydrogen-bond donors (Lipinski definition) is 0. The normalized spacial score (nSPS) is 16.1. The van der Waals surface area contributed by atoms with Crippen LogP contribution in [0.1, 0.15) is 32.3 Å². The summed E-state index contributed by atoms with van der Waals surface area (Å²) in [5, 5.41) is 4.50. The number of nitrogens with zero attached hydrogens (tertiary/aromatic N) is 3. The maximum Gasteiger partial charge on any atom is 0.0923 e. The number of hydrogen-bond acceptors (Lipinski definition) is 2. The molecule has 0 aliphatic carbocycles. The molecule has 0 fully saturated rings. The monoisotopic (exact) mass is 269 g/mol. The minimum atomic E-state index is 0.620. The van der Waals surface area contributed by atoms with E-state index in [2.05, 4.69) is 48.1 Å². The highest BCUT2D eigenvalue weighted by Gasteiger charge is 2.20. The summed E-state index contributed by atoms with van der Waals surface area (Å²) >= 11 is 0. The zero-order valence-corrected chi connectivity index (χ0v) is 12.6. The number of benzene rings is 1. The highest BCUT2D eigenvalue weighted by Crippen LogP contribution is 2.32. The maximum absolute atomic E-state index is 4.50. The molecule has 0 spiro atoms. The minimum Gasteiger partial charge on any atom is -0.369 e. The first kappa shape index (κ1) is 13.2. The summed E-state index contributed by atoms with van der Waals surface area (Å²) in [6.07, 6.45) is 5.63. The Hall–Kier alpha value is -1.77. The lowest BCUT2D eigenvalue weighted by Gasteiger charge is -2.36. The molecule has 1 aliphatic heterocycles. The average molecular weight is 269 g/mol. The molecule has 1 aliphatic rings. The van der Waals surface area contributed by atoms with Crippen LogP contribution in [0.25, 0.3) is 11.3 Å². The van der Waals surface area contributed by atoms with E-state index in [0.29, 0.717) is 6.04 Å². The van der Waals surface area contributed by atoms with Gasteiger partial charge in [-0.1, -0.05) is 13.0 Å². The lowest BCUT2D eigenvalue weighted by Crippen LogP contribution is -2.36. The molecule has 1 aromatic heterocycles. The molecule has 0 amide bonds. The van der Waals surface area contributed by atoms with Crippen molar-refractivity contribution in [2.75, 3.05) is 11.4 Å². The minimum absolute atomic E-state index is 0.620. The van der Waals surface area contributed by atoms with Crippen LogP contribution in [-0.4, -0.2) is 22.4 Å². The lowest BCUT2D eigenvalue weighted by molar-refractivity contribution is 0.580. The Balaban J connectivity index is 1.96. The molecule has 3 heteroatoms. The third-order valence-electron chi connectivity index (χ3n) is 4.37. The fourth-order valence-corrected chi connectivity index (χ4v) is 3.03. The van der Waals surface area contributed by atoms with Crippen LogP contribution in [0.5, 0.6) is 0 Å². The summed E-state index contributed by atoms with van der Waals surface area (Å²) in [7, 11) is 1.96. The van der Waals surface area contributed by atoms with E-state index in [1.54, 1.807) is 0 Å². The summed E-state index contributed by atoms with van der Waals surface area (Å²) in [6, 6.07) is 9.52. The Labute approximate surface area is 121 Å². The maximum atomic E-state index is 4.50. The van der Waals surface area contributed by atoms with Crippen LogP contribution in [0.4, 0.5) is 5.69 Å². The van der Waals surface area contributed by atoms with Crippen LogP contribution in [-0.2, 0) is 13.5 Å². The number of aryl methyl sites for hydroxylation is 2. The number of rotatable bonds is 3. The second-order valence-electron chi connectivity index (χ2n) is 5.77. The fraction of sp³-hybridized carbons (Fsp3) is 0.471. The molecule has 2 aromatic rings. The van der Waals surface area contributed by atoms with Crippen LogP contribution in [0.15, 0.2) is 30.5 Å². The number of fused-ring (bicyclic) bond motifs is 1. The van der Waals surface area contributed by atoms with E-state index in [4.69, 9.17) is 0 Å². The van der Waals surface area contributed by atoms with Gasteiger partial charge in [-0.05, 0) is 49.9 Å². The van der Waals surface area contributed by atoms with Gasteiger partial charge in [0.15, 0.2) is 0 Å². The largest absolute Gasteiger partial charge is 0.369 e. The van der Waals surface area contributed by atoms with Crippen LogP contribution in [0, 0.1) is 0 Å². The molecule has 3 rings (SSSR count). The lowest BCUT2D eigenvalue weighted by atomic mass is 9.96. The summed E-state index contributed by atoms with van der Waals surface area (Å²) in [6.45, 7) is 5.77. The molecular weight excluding hydrogens is 246 g/mol. The van der Waals surface area contributed by atoms with Crippen molar-refractivity contribution in [2.24, 2.45) is 7.05 Å². The van der Waals surface area contributed by atoms with E-state index in [1.807, 2.05) is 17.9 Å². The summed E-state index contributed by atoms with van der Waals surface area (Å²) in [5.74, 6) is 0. The molecule has 0 radical (unpaired) electrons. The SMILES string of the molecule is CCC(C)N1CCCc2cc(-c3ccn(C)n3)ccc21. The van der Waals surface area contributed by atoms with Gasteiger partial charge in [-0.15, -0.1) is 0 Å². The van der Waals surface area contributed by atoms with Crippen molar-refractivity contribution in [1.82, 2.24) is 9.78 Å². The molecule has 2 heterocycles. The highest BCUT2D eigenvalue weighted by atomic mass is 15.2. The van der Waals surface area contributed by atoms with Gasteiger partial charge in [-0.25, -0.2) is 0 Å². The second-order valence-corrected chi connectivity index (χ2v) is 5.77. The Morgan fingerprint density at radius 1 is 1.30 bits per heavy atom. The molecule has 3 nitrogen and oxygen atoms in total.